The van der Waals surface area contributed by atoms with Gasteiger partial charge in [-0.05, 0) is 44.9 Å². The molecule has 122 valence electrons. The molecule has 0 aliphatic rings. The second-order valence-corrected chi connectivity index (χ2v) is 6.05. The van der Waals surface area contributed by atoms with E-state index >= 15 is 0 Å². The minimum absolute atomic E-state index is 0.118. The molecule has 0 aliphatic heterocycles. The molecule has 0 heterocycles. The monoisotopic (exact) mass is 310 g/mol. The van der Waals surface area contributed by atoms with E-state index in [0.717, 1.165) is 5.56 Å². The summed E-state index contributed by atoms with van der Waals surface area (Å²) in [6.45, 7) is 5.29. The molecule has 0 aromatic heterocycles. The largest absolute Gasteiger partial charge is 0.444 e. The molecule has 1 atom stereocenters. The Kier molecular flexibility index (Phi) is 6.34. The predicted molar refractivity (Wildman–Crippen MR) is 81.9 cm³/mol. The van der Waals surface area contributed by atoms with Crippen molar-refractivity contribution in [3.05, 3.63) is 35.6 Å². The van der Waals surface area contributed by atoms with Gasteiger partial charge in [-0.1, -0.05) is 12.1 Å². The number of hydrogen-bond acceptors (Lipinski definition) is 3. The molecular weight excluding hydrogens is 287 g/mol. The van der Waals surface area contributed by atoms with Crippen LogP contribution in [0.25, 0.3) is 0 Å². The molecule has 0 aliphatic carbocycles. The number of amides is 2. The molecule has 0 radical (unpaired) electrons. The second-order valence-electron chi connectivity index (χ2n) is 6.05. The van der Waals surface area contributed by atoms with E-state index in [1.807, 2.05) is 0 Å². The van der Waals surface area contributed by atoms with Crippen LogP contribution in [0, 0.1) is 5.82 Å². The highest BCUT2D eigenvalue weighted by molar-refractivity contribution is 5.77. The molecule has 2 N–H and O–H groups in total. The number of ether oxygens (including phenoxy) is 1. The van der Waals surface area contributed by atoms with Gasteiger partial charge < -0.3 is 15.4 Å². The van der Waals surface area contributed by atoms with Gasteiger partial charge in [0.25, 0.3) is 0 Å². The Morgan fingerprint density at radius 1 is 1.23 bits per heavy atom. The summed E-state index contributed by atoms with van der Waals surface area (Å²) in [5.74, 6) is -0.519. The van der Waals surface area contributed by atoms with Gasteiger partial charge in [0.05, 0.1) is 0 Å². The van der Waals surface area contributed by atoms with Crippen molar-refractivity contribution in [1.29, 1.82) is 0 Å². The highest BCUT2D eigenvalue weighted by Crippen LogP contribution is 2.10. The Bertz CT molecular complexity index is 509. The van der Waals surface area contributed by atoms with Crippen LogP contribution < -0.4 is 10.6 Å². The molecular formula is C16H23FN2O3. The standard InChI is InChI=1S/C16H23FN2O3/c1-16(2,3)22-15(21)19-13(10-14(20)18-4)9-11-5-7-12(17)8-6-11/h5-8,13H,9-10H2,1-4H3,(H,18,20)(H,19,21)/t13-/m0/s1. The van der Waals surface area contributed by atoms with Crippen LogP contribution in [-0.2, 0) is 16.0 Å². The fourth-order valence-corrected chi connectivity index (χ4v) is 1.88. The van der Waals surface area contributed by atoms with E-state index < -0.39 is 17.7 Å². The lowest BCUT2D eigenvalue weighted by Gasteiger charge is -2.23. The van der Waals surface area contributed by atoms with Crippen LogP contribution in [0.1, 0.15) is 32.8 Å². The zero-order chi connectivity index (χ0) is 16.8. The normalized spacial score (nSPS) is 12.4. The Morgan fingerprint density at radius 2 is 1.82 bits per heavy atom. The average Bonchev–Trinajstić information content (AvgIpc) is 2.38. The maximum atomic E-state index is 12.9. The third-order valence-corrected chi connectivity index (χ3v) is 2.83. The van der Waals surface area contributed by atoms with Gasteiger partial charge in [0.15, 0.2) is 0 Å². The number of benzene rings is 1. The number of halogens is 1. The number of nitrogens with one attached hydrogen (secondary N) is 2. The molecule has 0 unspecified atom stereocenters. The zero-order valence-electron chi connectivity index (χ0n) is 13.4. The summed E-state index contributed by atoms with van der Waals surface area (Å²) in [5.41, 5.74) is 0.212. The van der Waals surface area contributed by atoms with Crippen LogP contribution in [0.4, 0.5) is 9.18 Å². The van der Waals surface area contributed by atoms with Crippen molar-refractivity contribution in [3.63, 3.8) is 0 Å². The molecule has 6 heteroatoms. The molecule has 0 fully saturated rings. The van der Waals surface area contributed by atoms with Crippen molar-refractivity contribution >= 4 is 12.0 Å². The molecule has 0 spiro atoms. The van der Waals surface area contributed by atoms with Crippen LogP contribution in [0.5, 0.6) is 0 Å². The van der Waals surface area contributed by atoms with Gasteiger partial charge in [0.1, 0.15) is 11.4 Å². The highest BCUT2D eigenvalue weighted by atomic mass is 19.1. The predicted octanol–water partition coefficient (Wildman–Crippen LogP) is 2.40. The van der Waals surface area contributed by atoms with Crippen molar-refractivity contribution in [2.75, 3.05) is 7.05 Å². The van der Waals surface area contributed by atoms with Crippen molar-refractivity contribution in [2.24, 2.45) is 0 Å². The van der Waals surface area contributed by atoms with E-state index in [-0.39, 0.29) is 18.1 Å². The molecule has 1 aromatic carbocycles. The lowest BCUT2D eigenvalue weighted by atomic mass is 10.0. The number of rotatable bonds is 5. The summed E-state index contributed by atoms with van der Waals surface area (Å²) in [4.78, 5) is 23.4. The maximum absolute atomic E-state index is 12.9. The van der Waals surface area contributed by atoms with Crippen molar-refractivity contribution in [3.8, 4) is 0 Å². The Hall–Kier alpha value is -2.11. The van der Waals surface area contributed by atoms with E-state index in [9.17, 15) is 14.0 Å². The van der Waals surface area contributed by atoms with Gasteiger partial charge in [0, 0.05) is 19.5 Å². The Morgan fingerprint density at radius 3 is 2.32 bits per heavy atom. The lowest BCUT2D eigenvalue weighted by molar-refractivity contribution is -0.121. The minimum Gasteiger partial charge on any atom is -0.444 e. The molecule has 1 aromatic rings. The summed E-state index contributed by atoms with van der Waals surface area (Å²) >= 11 is 0. The molecule has 0 saturated carbocycles. The van der Waals surface area contributed by atoms with E-state index in [1.165, 1.54) is 19.2 Å². The Labute approximate surface area is 130 Å². The van der Waals surface area contributed by atoms with E-state index in [0.29, 0.717) is 6.42 Å². The molecule has 1 rings (SSSR count). The first kappa shape index (κ1) is 17.9. The van der Waals surface area contributed by atoms with Crippen molar-refractivity contribution in [2.45, 2.75) is 45.3 Å². The minimum atomic E-state index is -0.614. The molecule has 0 bridgehead atoms. The Balaban J connectivity index is 2.73. The third-order valence-electron chi connectivity index (χ3n) is 2.83. The topological polar surface area (TPSA) is 67.4 Å². The number of alkyl carbamates (subject to hydrolysis) is 1. The SMILES string of the molecule is CNC(=O)C[C@H](Cc1ccc(F)cc1)NC(=O)OC(C)(C)C. The first-order valence-corrected chi connectivity index (χ1v) is 7.14. The molecule has 22 heavy (non-hydrogen) atoms. The van der Waals surface area contributed by atoms with Crippen LogP contribution in [0.2, 0.25) is 0 Å². The third kappa shape index (κ3) is 7.06. The zero-order valence-corrected chi connectivity index (χ0v) is 13.4. The molecule has 0 saturated heterocycles. The van der Waals surface area contributed by atoms with Gasteiger partial charge >= 0.3 is 6.09 Å². The van der Waals surface area contributed by atoms with Crippen molar-refractivity contribution < 1.29 is 18.7 Å². The number of carbonyl (C=O) groups excluding carboxylic acids is 2. The molecule has 2 amide bonds. The first-order chi connectivity index (χ1) is 10.2. The average molecular weight is 310 g/mol. The fraction of sp³-hybridized carbons (Fsp3) is 0.500. The van der Waals surface area contributed by atoms with Crippen molar-refractivity contribution in [1.82, 2.24) is 10.6 Å². The van der Waals surface area contributed by atoms with Gasteiger partial charge in [-0.2, -0.15) is 0 Å². The van der Waals surface area contributed by atoms with Crippen LogP contribution >= 0.6 is 0 Å². The summed E-state index contributed by atoms with van der Waals surface area (Å²) in [6.07, 6.45) is -0.0522. The second kappa shape index (κ2) is 7.77. The van der Waals surface area contributed by atoms with Gasteiger partial charge in [-0.15, -0.1) is 0 Å². The van der Waals surface area contributed by atoms with Crippen LogP contribution in [-0.4, -0.2) is 30.7 Å². The lowest BCUT2D eigenvalue weighted by Crippen LogP contribution is -2.42. The smallest absolute Gasteiger partial charge is 0.407 e. The van der Waals surface area contributed by atoms with Gasteiger partial charge in [0.2, 0.25) is 5.91 Å². The van der Waals surface area contributed by atoms with E-state index in [1.54, 1.807) is 32.9 Å². The van der Waals surface area contributed by atoms with E-state index in [2.05, 4.69) is 10.6 Å². The summed E-state index contributed by atoms with van der Waals surface area (Å²) in [6, 6.07) is 5.52. The summed E-state index contributed by atoms with van der Waals surface area (Å²) in [5, 5.41) is 5.21. The van der Waals surface area contributed by atoms with Crippen LogP contribution in [0.15, 0.2) is 24.3 Å². The van der Waals surface area contributed by atoms with E-state index in [4.69, 9.17) is 4.74 Å². The molecule has 5 nitrogen and oxygen atoms in total. The first-order valence-electron chi connectivity index (χ1n) is 7.14. The quantitative estimate of drug-likeness (QED) is 0.877. The number of hydrogen-bond donors (Lipinski definition) is 2. The summed E-state index contributed by atoms with van der Waals surface area (Å²) in [7, 11) is 1.53. The van der Waals surface area contributed by atoms with Gasteiger partial charge in [-0.25, -0.2) is 9.18 Å². The summed E-state index contributed by atoms with van der Waals surface area (Å²) < 4.78 is 18.1. The fourth-order valence-electron chi connectivity index (χ4n) is 1.88. The van der Waals surface area contributed by atoms with Gasteiger partial charge in [-0.3, -0.25) is 4.79 Å². The highest BCUT2D eigenvalue weighted by Gasteiger charge is 2.21. The maximum Gasteiger partial charge on any atom is 0.407 e. The van der Waals surface area contributed by atoms with Crippen LogP contribution in [0.3, 0.4) is 0 Å². The number of carbonyl (C=O) groups is 2.